The molecule has 39 heavy (non-hydrogen) atoms. The highest BCUT2D eigenvalue weighted by Gasteiger charge is 2.48. The minimum Gasteiger partial charge on any atom is -0.507 e. The van der Waals surface area contributed by atoms with Crippen molar-refractivity contribution in [3.63, 3.8) is 0 Å². The van der Waals surface area contributed by atoms with Crippen LogP contribution in [0.1, 0.15) is 48.1 Å². The Labute approximate surface area is 231 Å². The molecule has 1 atom stereocenters. The molecular weight excluding hydrogens is 512 g/mol. The zero-order valence-corrected chi connectivity index (χ0v) is 23.2. The lowest BCUT2D eigenvalue weighted by atomic mass is 9.95. The first-order valence-electron chi connectivity index (χ1n) is 12.9. The van der Waals surface area contributed by atoms with Gasteiger partial charge in [-0.2, -0.15) is 0 Å². The monoisotopic (exact) mass is 542 g/mol. The first-order valence-corrected chi connectivity index (χ1v) is 13.7. The summed E-state index contributed by atoms with van der Waals surface area (Å²) in [5.74, 6) is -0.701. The van der Waals surface area contributed by atoms with Crippen molar-refractivity contribution in [2.24, 2.45) is 0 Å². The Morgan fingerprint density at radius 3 is 2.46 bits per heavy atom. The molecule has 3 aromatic carbocycles. The molecule has 0 radical (unpaired) electrons. The fourth-order valence-corrected chi connectivity index (χ4v) is 5.73. The number of aliphatic hydroxyl groups excluding tert-OH is 1. The van der Waals surface area contributed by atoms with Gasteiger partial charge in [-0.25, -0.2) is 4.98 Å². The number of aryl methyl sites for hydroxylation is 2. The number of thiazole rings is 1. The molecule has 1 aliphatic rings. The van der Waals surface area contributed by atoms with Crippen molar-refractivity contribution >= 4 is 44.1 Å². The van der Waals surface area contributed by atoms with Gasteiger partial charge in [0.2, 0.25) is 0 Å². The van der Waals surface area contributed by atoms with E-state index in [9.17, 15) is 14.7 Å². The van der Waals surface area contributed by atoms with E-state index < -0.39 is 17.7 Å². The molecule has 4 aromatic rings. The molecule has 0 spiro atoms. The Balaban J connectivity index is 1.68. The Hall–Kier alpha value is -4.17. The lowest BCUT2D eigenvalue weighted by Crippen LogP contribution is -2.29. The number of Topliss-reactive ketones (excluding diaryl/α,β-unsaturated/α-hetero) is 1. The van der Waals surface area contributed by atoms with Crippen LogP contribution in [0.15, 0.2) is 66.2 Å². The summed E-state index contributed by atoms with van der Waals surface area (Å²) < 4.78 is 12.4. The number of benzene rings is 3. The van der Waals surface area contributed by atoms with Gasteiger partial charge < -0.3 is 14.6 Å². The van der Waals surface area contributed by atoms with E-state index in [-0.39, 0.29) is 11.3 Å². The van der Waals surface area contributed by atoms with Gasteiger partial charge in [0.05, 0.1) is 35.5 Å². The fourth-order valence-electron chi connectivity index (χ4n) is 4.63. The van der Waals surface area contributed by atoms with Crippen molar-refractivity contribution in [1.29, 1.82) is 0 Å². The SMILES string of the molecule is CCCCOc1ccc(C2/C(=C(\O)c3ccc(C)cc3)C(=O)C(=O)N2c2nc3ccc(C)cc3s2)cc1OC. The third-order valence-corrected chi connectivity index (χ3v) is 7.78. The van der Waals surface area contributed by atoms with Crippen molar-refractivity contribution in [1.82, 2.24) is 4.98 Å². The van der Waals surface area contributed by atoms with Gasteiger partial charge >= 0.3 is 5.91 Å². The van der Waals surface area contributed by atoms with E-state index in [1.807, 2.05) is 44.2 Å². The molecule has 1 amide bonds. The van der Waals surface area contributed by atoms with Crippen molar-refractivity contribution in [3.8, 4) is 11.5 Å². The number of amides is 1. The topological polar surface area (TPSA) is 89.0 Å². The van der Waals surface area contributed by atoms with Gasteiger partial charge in [-0.3, -0.25) is 14.5 Å². The predicted molar refractivity (Wildman–Crippen MR) is 154 cm³/mol. The van der Waals surface area contributed by atoms with Gasteiger partial charge in [-0.15, -0.1) is 0 Å². The standard InChI is InChI=1S/C31H30N2O5S/c1-5-6-15-38-23-14-12-21(17-24(23)37-4)27-26(28(34)20-10-7-18(2)8-11-20)29(35)30(36)33(27)31-32-22-13-9-19(3)16-25(22)39-31/h7-14,16-17,27,34H,5-6,15H2,1-4H3/b28-26+. The van der Waals surface area contributed by atoms with Crippen molar-refractivity contribution < 1.29 is 24.2 Å². The molecule has 200 valence electrons. The van der Waals surface area contributed by atoms with Crippen LogP contribution in [0.25, 0.3) is 16.0 Å². The lowest BCUT2D eigenvalue weighted by Gasteiger charge is -2.24. The number of carbonyl (C=O) groups is 2. The lowest BCUT2D eigenvalue weighted by molar-refractivity contribution is -0.132. The average Bonchev–Trinajstić information content (AvgIpc) is 3.46. The first-order chi connectivity index (χ1) is 18.8. The zero-order chi connectivity index (χ0) is 27.7. The maximum Gasteiger partial charge on any atom is 0.301 e. The minimum absolute atomic E-state index is 0.000921. The number of anilines is 1. The van der Waals surface area contributed by atoms with E-state index in [1.54, 1.807) is 37.4 Å². The number of hydrogen-bond donors (Lipinski definition) is 1. The largest absolute Gasteiger partial charge is 0.507 e. The summed E-state index contributed by atoms with van der Waals surface area (Å²) >= 11 is 1.33. The number of carbonyl (C=O) groups excluding carboxylic acids is 2. The number of methoxy groups -OCH3 is 1. The first kappa shape index (κ1) is 26.4. The van der Waals surface area contributed by atoms with E-state index in [1.165, 1.54) is 16.2 Å². The summed E-state index contributed by atoms with van der Waals surface area (Å²) in [7, 11) is 1.55. The van der Waals surface area contributed by atoms with Crippen LogP contribution in [-0.2, 0) is 9.59 Å². The molecule has 1 N–H and O–H groups in total. The summed E-state index contributed by atoms with van der Waals surface area (Å²) in [5, 5.41) is 11.8. The van der Waals surface area contributed by atoms with Gasteiger partial charge in [0, 0.05) is 5.56 Å². The smallest absolute Gasteiger partial charge is 0.301 e. The number of ketones is 1. The number of aromatic nitrogens is 1. The van der Waals surface area contributed by atoms with Crippen molar-refractivity contribution in [3.05, 3.63) is 88.5 Å². The van der Waals surface area contributed by atoms with Crippen LogP contribution in [0.3, 0.4) is 0 Å². The van der Waals surface area contributed by atoms with E-state index in [2.05, 4.69) is 6.92 Å². The second-order valence-corrected chi connectivity index (χ2v) is 10.6. The van der Waals surface area contributed by atoms with Gasteiger partial charge in [0.15, 0.2) is 16.6 Å². The fraction of sp³-hybridized carbons (Fsp3) is 0.258. The van der Waals surface area contributed by atoms with E-state index in [0.29, 0.717) is 34.4 Å². The number of nitrogens with zero attached hydrogens (tertiary/aromatic N) is 2. The molecule has 1 aliphatic heterocycles. The normalized spacial score (nSPS) is 16.7. The van der Waals surface area contributed by atoms with Crippen LogP contribution >= 0.6 is 11.3 Å². The molecule has 1 unspecified atom stereocenters. The van der Waals surface area contributed by atoms with Crippen LogP contribution in [0.4, 0.5) is 5.13 Å². The summed E-state index contributed by atoms with van der Waals surface area (Å²) in [6.45, 7) is 6.56. The average molecular weight is 543 g/mol. The van der Waals surface area contributed by atoms with E-state index in [4.69, 9.17) is 14.5 Å². The molecule has 0 aliphatic carbocycles. The quantitative estimate of drug-likeness (QED) is 0.115. The molecule has 1 fully saturated rings. The number of rotatable bonds is 8. The second kappa shape index (κ2) is 10.9. The molecule has 5 rings (SSSR count). The Morgan fingerprint density at radius 1 is 1.00 bits per heavy atom. The molecule has 1 aromatic heterocycles. The summed E-state index contributed by atoms with van der Waals surface area (Å²) in [6.07, 6.45) is 1.90. The molecule has 7 nitrogen and oxygen atoms in total. The van der Waals surface area contributed by atoms with Crippen molar-refractivity contribution in [2.45, 2.75) is 39.7 Å². The van der Waals surface area contributed by atoms with E-state index >= 15 is 0 Å². The highest BCUT2D eigenvalue weighted by molar-refractivity contribution is 7.22. The number of fused-ring (bicyclic) bond motifs is 1. The van der Waals surface area contributed by atoms with Gasteiger partial charge in [-0.1, -0.05) is 66.6 Å². The summed E-state index contributed by atoms with van der Waals surface area (Å²) in [5.41, 5.74) is 3.86. The Bertz CT molecular complexity index is 1590. The predicted octanol–water partition coefficient (Wildman–Crippen LogP) is 6.73. The minimum atomic E-state index is -0.911. The van der Waals surface area contributed by atoms with Gasteiger partial charge in [-0.05, 0) is 55.7 Å². The molecular formula is C31H30N2O5S. The second-order valence-electron chi connectivity index (χ2n) is 9.62. The summed E-state index contributed by atoms with van der Waals surface area (Å²) in [4.78, 5) is 33.2. The van der Waals surface area contributed by atoms with Crippen molar-refractivity contribution in [2.75, 3.05) is 18.6 Å². The summed E-state index contributed by atoms with van der Waals surface area (Å²) in [6, 6.07) is 17.4. The Morgan fingerprint density at radius 2 is 1.74 bits per heavy atom. The van der Waals surface area contributed by atoms with Crippen LogP contribution in [-0.4, -0.2) is 35.5 Å². The van der Waals surface area contributed by atoms with Crippen LogP contribution in [0.2, 0.25) is 0 Å². The molecule has 0 saturated carbocycles. The molecule has 0 bridgehead atoms. The van der Waals surface area contributed by atoms with E-state index in [0.717, 1.165) is 34.2 Å². The number of aliphatic hydroxyl groups is 1. The highest BCUT2D eigenvalue weighted by atomic mass is 32.1. The number of hydrogen-bond acceptors (Lipinski definition) is 7. The van der Waals surface area contributed by atoms with Crippen LogP contribution in [0.5, 0.6) is 11.5 Å². The maximum atomic E-state index is 13.6. The third-order valence-electron chi connectivity index (χ3n) is 6.77. The maximum absolute atomic E-state index is 13.6. The third kappa shape index (κ3) is 5.00. The van der Waals surface area contributed by atoms with Crippen LogP contribution < -0.4 is 14.4 Å². The number of ether oxygens (including phenoxy) is 2. The molecule has 8 heteroatoms. The highest BCUT2D eigenvalue weighted by Crippen LogP contribution is 2.46. The van der Waals surface area contributed by atoms with Gasteiger partial charge in [0.25, 0.3) is 5.78 Å². The number of unbranched alkanes of at least 4 members (excludes halogenated alkanes) is 1. The van der Waals surface area contributed by atoms with Gasteiger partial charge in [0.1, 0.15) is 5.76 Å². The molecule has 1 saturated heterocycles. The van der Waals surface area contributed by atoms with Crippen LogP contribution in [0, 0.1) is 13.8 Å². The zero-order valence-electron chi connectivity index (χ0n) is 22.4. The Kier molecular flexibility index (Phi) is 7.39. The molecule has 2 heterocycles.